The molecule has 0 radical (unpaired) electrons. The van der Waals surface area contributed by atoms with Crippen LogP contribution in [0.2, 0.25) is 10.0 Å². The molecule has 0 amide bonds. The van der Waals surface area contributed by atoms with Crippen molar-refractivity contribution in [2.45, 2.75) is 24.1 Å². The van der Waals surface area contributed by atoms with Gasteiger partial charge in [-0.3, -0.25) is 0 Å². The van der Waals surface area contributed by atoms with Crippen LogP contribution in [0, 0.1) is 0 Å². The first kappa shape index (κ1) is 17.6. The van der Waals surface area contributed by atoms with Crippen LogP contribution in [-0.2, 0) is 17.0 Å². The van der Waals surface area contributed by atoms with Crippen LogP contribution in [0.25, 0.3) is 11.0 Å². The summed E-state index contributed by atoms with van der Waals surface area (Å²) >= 11 is 13.8. The highest BCUT2D eigenvalue weighted by Gasteiger charge is 2.11. The summed E-state index contributed by atoms with van der Waals surface area (Å²) in [5, 5.41) is 1.45. The first-order chi connectivity index (χ1) is 11.7. The van der Waals surface area contributed by atoms with Gasteiger partial charge in [0.2, 0.25) is 0 Å². The number of benzene rings is 2. The molecule has 1 aromatic heterocycles. The monoisotopic (exact) mass is 380 g/mol. The fourth-order valence-corrected chi connectivity index (χ4v) is 3.63. The Morgan fingerprint density at radius 3 is 2.58 bits per heavy atom. The van der Waals surface area contributed by atoms with Gasteiger partial charge in [-0.15, -0.1) is 11.8 Å². The molecule has 3 aromatic rings. The second-order valence-corrected chi connectivity index (χ2v) is 7.17. The fourth-order valence-electron chi connectivity index (χ4n) is 2.49. The molecule has 0 aliphatic heterocycles. The van der Waals surface area contributed by atoms with Crippen molar-refractivity contribution in [3.05, 3.63) is 58.3 Å². The maximum Gasteiger partial charge on any atom is 0.120 e. The molecule has 0 spiro atoms. The van der Waals surface area contributed by atoms with E-state index in [4.69, 9.17) is 32.9 Å². The molecule has 0 saturated carbocycles. The Morgan fingerprint density at radius 2 is 1.83 bits per heavy atom. The molecule has 3 rings (SSSR count). The molecule has 0 aliphatic carbocycles. The number of hydrogen-bond donors (Lipinski definition) is 0. The Balaban J connectivity index is 1.84. The highest BCUT2D eigenvalue weighted by Crippen LogP contribution is 2.27. The number of ether oxygens (including phenoxy) is 1. The third kappa shape index (κ3) is 4.25. The molecule has 126 valence electrons. The molecule has 0 unspecified atom stereocenters. The topological polar surface area (TPSA) is 27.1 Å². The van der Waals surface area contributed by atoms with Crippen molar-refractivity contribution < 1.29 is 4.74 Å². The van der Waals surface area contributed by atoms with Crippen molar-refractivity contribution in [1.29, 1.82) is 0 Å². The van der Waals surface area contributed by atoms with Gasteiger partial charge in [0.15, 0.2) is 0 Å². The third-order valence-electron chi connectivity index (χ3n) is 3.63. The molecular formula is C18H18Cl2N2OS. The van der Waals surface area contributed by atoms with E-state index < -0.39 is 0 Å². The Hall–Kier alpha value is -1.20. The predicted octanol–water partition coefficient (Wildman–Crippen LogP) is 5.67. The number of rotatable bonds is 7. The van der Waals surface area contributed by atoms with E-state index in [1.807, 2.05) is 49.4 Å². The van der Waals surface area contributed by atoms with Crippen molar-refractivity contribution in [3.8, 4) is 0 Å². The highest BCUT2D eigenvalue weighted by molar-refractivity contribution is 7.98. The average molecular weight is 381 g/mol. The number of aromatic nitrogens is 2. The zero-order valence-corrected chi connectivity index (χ0v) is 15.7. The summed E-state index contributed by atoms with van der Waals surface area (Å²) in [6.07, 6.45) is 0. The van der Waals surface area contributed by atoms with Gasteiger partial charge in [-0.2, -0.15) is 0 Å². The summed E-state index contributed by atoms with van der Waals surface area (Å²) in [7, 11) is 0. The Bertz CT molecular complexity index is 818. The minimum atomic E-state index is 0.670. The maximum absolute atomic E-state index is 6.10. The second kappa shape index (κ2) is 8.26. The van der Waals surface area contributed by atoms with Crippen LogP contribution < -0.4 is 0 Å². The Labute approximate surface area is 155 Å². The molecule has 1 heterocycles. The first-order valence-corrected chi connectivity index (χ1v) is 9.52. The summed E-state index contributed by atoms with van der Waals surface area (Å²) < 4.78 is 7.73. The number of thioether (sulfide) groups is 1. The van der Waals surface area contributed by atoms with Crippen LogP contribution in [0.4, 0.5) is 0 Å². The molecule has 0 aliphatic rings. The standard InChI is InChI=1S/C18H18Cl2N2OS/c1-2-23-10-9-22-17-8-5-14(20)11-16(17)21-18(22)12-24-15-6-3-13(19)4-7-15/h3-8,11H,2,9-10,12H2,1H3. The summed E-state index contributed by atoms with van der Waals surface area (Å²) in [6.45, 7) is 4.17. The zero-order chi connectivity index (χ0) is 16.9. The molecule has 0 saturated heterocycles. The Morgan fingerprint density at radius 1 is 1.08 bits per heavy atom. The van der Waals surface area contributed by atoms with Crippen molar-refractivity contribution in [2.24, 2.45) is 0 Å². The quantitative estimate of drug-likeness (QED) is 0.390. The van der Waals surface area contributed by atoms with Gasteiger partial charge in [-0.05, 0) is 49.4 Å². The zero-order valence-electron chi connectivity index (χ0n) is 13.3. The summed E-state index contributed by atoms with van der Waals surface area (Å²) in [5.41, 5.74) is 2.01. The van der Waals surface area contributed by atoms with Crippen LogP contribution >= 0.6 is 35.0 Å². The van der Waals surface area contributed by atoms with Gasteiger partial charge in [0.05, 0.1) is 23.4 Å². The smallest absolute Gasteiger partial charge is 0.120 e. The lowest BCUT2D eigenvalue weighted by atomic mass is 10.3. The van der Waals surface area contributed by atoms with Crippen molar-refractivity contribution in [3.63, 3.8) is 0 Å². The van der Waals surface area contributed by atoms with E-state index in [-0.39, 0.29) is 0 Å². The van der Waals surface area contributed by atoms with E-state index in [9.17, 15) is 0 Å². The fraction of sp³-hybridized carbons (Fsp3) is 0.278. The van der Waals surface area contributed by atoms with Crippen molar-refractivity contribution in [1.82, 2.24) is 9.55 Å². The number of hydrogen-bond acceptors (Lipinski definition) is 3. The molecular weight excluding hydrogens is 363 g/mol. The lowest BCUT2D eigenvalue weighted by Gasteiger charge is -2.09. The maximum atomic E-state index is 6.10. The molecule has 0 fully saturated rings. The van der Waals surface area contributed by atoms with Crippen LogP contribution in [-0.4, -0.2) is 22.8 Å². The van der Waals surface area contributed by atoms with E-state index in [2.05, 4.69) is 4.57 Å². The molecule has 2 aromatic carbocycles. The van der Waals surface area contributed by atoms with E-state index in [1.165, 1.54) is 4.90 Å². The molecule has 0 N–H and O–H groups in total. The van der Waals surface area contributed by atoms with Gasteiger partial charge in [-0.25, -0.2) is 4.98 Å². The number of nitrogens with zero attached hydrogens (tertiary/aromatic N) is 2. The van der Waals surface area contributed by atoms with E-state index in [1.54, 1.807) is 11.8 Å². The highest BCUT2D eigenvalue weighted by atomic mass is 35.5. The van der Waals surface area contributed by atoms with Gasteiger partial charge < -0.3 is 9.30 Å². The van der Waals surface area contributed by atoms with E-state index in [0.717, 1.165) is 34.2 Å². The van der Waals surface area contributed by atoms with Gasteiger partial charge >= 0.3 is 0 Å². The number of imidazole rings is 1. The van der Waals surface area contributed by atoms with Gasteiger partial charge in [0.25, 0.3) is 0 Å². The average Bonchev–Trinajstić information content (AvgIpc) is 2.91. The lowest BCUT2D eigenvalue weighted by Crippen LogP contribution is -2.09. The van der Waals surface area contributed by atoms with Crippen molar-refractivity contribution >= 4 is 46.0 Å². The Kier molecular flexibility index (Phi) is 6.06. The minimum absolute atomic E-state index is 0.670. The summed E-state index contributed by atoms with van der Waals surface area (Å²) in [5.74, 6) is 1.80. The van der Waals surface area contributed by atoms with E-state index >= 15 is 0 Å². The van der Waals surface area contributed by atoms with E-state index in [0.29, 0.717) is 18.2 Å². The largest absolute Gasteiger partial charge is 0.380 e. The molecule has 3 nitrogen and oxygen atoms in total. The van der Waals surface area contributed by atoms with Crippen LogP contribution in [0.1, 0.15) is 12.7 Å². The van der Waals surface area contributed by atoms with Gasteiger partial charge in [0.1, 0.15) is 5.82 Å². The summed E-state index contributed by atoms with van der Waals surface area (Å²) in [4.78, 5) is 5.93. The second-order valence-electron chi connectivity index (χ2n) is 5.25. The lowest BCUT2D eigenvalue weighted by molar-refractivity contribution is 0.139. The first-order valence-electron chi connectivity index (χ1n) is 7.78. The van der Waals surface area contributed by atoms with Gasteiger partial charge in [-0.1, -0.05) is 23.2 Å². The van der Waals surface area contributed by atoms with Crippen LogP contribution in [0.5, 0.6) is 0 Å². The van der Waals surface area contributed by atoms with Crippen molar-refractivity contribution in [2.75, 3.05) is 13.2 Å². The minimum Gasteiger partial charge on any atom is -0.380 e. The van der Waals surface area contributed by atoms with Crippen LogP contribution in [0.3, 0.4) is 0 Å². The number of halogens is 2. The molecule has 6 heteroatoms. The molecule has 0 bridgehead atoms. The number of fused-ring (bicyclic) bond motifs is 1. The molecule has 0 atom stereocenters. The SMILES string of the molecule is CCOCCn1c(CSc2ccc(Cl)cc2)nc2cc(Cl)ccc21. The predicted molar refractivity (Wildman–Crippen MR) is 102 cm³/mol. The van der Waals surface area contributed by atoms with Crippen LogP contribution in [0.15, 0.2) is 47.4 Å². The molecule has 24 heavy (non-hydrogen) atoms. The summed E-state index contributed by atoms with van der Waals surface area (Å²) in [6, 6.07) is 13.7. The van der Waals surface area contributed by atoms with Gasteiger partial charge in [0, 0.05) is 28.1 Å². The third-order valence-corrected chi connectivity index (χ3v) is 5.13. The normalized spacial score (nSPS) is 11.3.